The van der Waals surface area contributed by atoms with E-state index in [4.69, 9.17) is 16.7 Å². The lowest BCUT2D eigenvalue weighted by Gasteiger charge is -2.20. The number of halogens is 1. The first-order valence-corrected chi connectivity index (χ1v) is 12.7. The minimum absolute atomic E-state index is 0.177. The molecule has 0 aliphatic rings. The van der Waals surface area contributed by atoms with E-state index < -0.39 is 0 Å². The number of nitrogens with zero attached hydrogens (tertiary/aromatic N) is 2. The van der Waals surface area contributed by atoms with E-state index in [1.807, 2.05) is 41.9 Å². The van der Waals surface area contributed by atoms with Gasteiger partial charge < -0.3 is 10.6 Å². The molecule has 1 amide bonds. The number of benzene rings is 2. The molecule has 35 heavy (non-hydrogen) atoms. The van der Waals surface area contributed by atoms with Crippen LogP contribution in [0, 0.1) is 12.8 Å². The van der Waals surface area contributed by atoms with Gasteiger partial charge in [0.25, 0.3) is 5.91 Å². The minimum atomic E-state index is -0.177. The number of hydrogen-bond donors (Lipinski definition) is 2. The van der Waals surface area contributed by atoms with Crippen molar-refractivity contribution in [3.8, 4) is 16.9 Å². The second kappa shape index (κ2) is 12.2. The third kappa shape index (κ3) is 6.62. The molecule has 0 fully saturated rings. The van der Waals surface area contributed by atoms with Crippen molar-refractivity contribution in [2.24, 2.45) is 5.92 Å². The highest BCUT2D eigenvalue weighted by Crippen LogP contribution is 2.30. The second-order valence-electron chi connectivity index (χ2n) is 9.49. The van der Waals surface area contributed by atoms with Crippen LogP contribution in [0.25, 0.3) is 16.9 Å². The van der Waals surface area contributed by atoms with E-state index in [1.165, 1.54) is 5.56 Å². The van der Waals surface area contributed by atoms with Gasteiger partial charge in [-0.25, -0.2) is 4.68 Å². The summed E-state index contributed by atoms with van der Waals surface area (Å²) < 4.78 is 1.86. The smallest absolute Gasteiger partial charge is 0.272 e. The molecule has 0 saturated carbocycles. The lowest BCUT2D eigenvalue weighted by molar-refractivity contribution is 0.0947. The molecule has 2 atom stereocenters. The van der Waals surface area contributed by atoms with Crippen LogP contribution >= 0.6 is 11.6 Å². The maximum Gasteiger partial charge on any atom is 0.272 e. The summed E-state index contributed by atoms with van der Waals surface area (Å²) >= 11 is 6.13. The molecule has 5 nitrogen and oxygen atoms in total. The van der Waals surface area contributed by atoms with Gasteiger partial charge in [0, 0.05) is 35.3 Å². The summed E-state index contributed by atoms with van der Waals surface area (Å²) in [6, 6.07) is 16.3. The molecule has 0 aliphatic carbocycles. The van der Waals surface area contributed by atoms with Crippen LogP contribution < -0.4 is 10.6 Å². The monoisotopic (exact) mass is 492 g/mol. The molecule has 3 aromatic rings. The number of carbonyl (C=O) groups is 1. The van der Waals surface area contributed by atoms with E-state index in [2.05, 4.69) is 69.2 Å². The Morgan fingerprint density at radius 3 is 2.31 bits per heavy atom. The van der Waals surface area contributed by atoms with Crippen LogP contribution in [0.3, 0.4) is 0 Å². The van der Waals surface area contributed by atoms with Crippen molar-refractivity contribution in [2.75, 3.05) is 13.1 Å². The van der Waals surface area contributed by atoms with E-state index in [-0.39, 0.29) is 5.91 Å². The Labute approximate surface area is 214 Å². The summed E-state index contributed by atoms with van der Waals surface area (Å²) in [7, 11) is 0. The molecule has 186 valence electrons. The highest BCUT2D eigenvalue weighted by molar-refractivity contribution is 6.30. The number of rotatable bonds is 11. The SMILES string of the molecule is C=CCC(C)C(C)NCCNC(=O)c1nn(-c2ccc(C(C)C)cc2)c(-c2ccc(Cl)cc2)c1C. The Kier molecular flexibility index (Phi) is 9.30. The summed E-state index contributed by atoms with van der Waals surface area (Å²) in [5, 5.41) is 11.9. The van der Waals surface area contributed by atoms with E-state index >= 15 is 0 Å². The highest BCUT2D eigenvalue weighted by atomic mass is 35.5. The normalized spacial score (nSPS) is 13.0. The van der Waals surface area contributed by atoms with E-state index in [0.29, 0.717) is 41.7 Å². The summed E-state index contributed by atoms with van der Waals surface area (Å²) in [6.45, 7) is 15.7. The first-order chi connectivity index (χ1) is 16.7. The predicted molar refractivity (Wildman–Crippen MR) is 147 cm³/mol. The fraction of sp³-hybridized carbons (Fsp3) is 0.379. The molecule has 6 heteroatoms. The van der Waals surface area contributed by atoms with Gasteiger partial charge in [0.05, 0.1) is 11.4 Å². The lowest BCUT2D eigenvalue weighted by atomic mass is 10.00. The maximum atomic E-state index is 13.1. The van der Waals surface area contributed by atoms with E-state index in [9.17, 15) is 4.79 Å². The van der Waals surface area contributed by atoms with Crippen molar-refractivity contribution in [1.82, 2.24) is 20.4 Å². The van der Waals surface area contributed by atoms with E-state index in [0.717, 1.165) is 28.9 Å². The van der Waals surface area contributed by atoms with Crippen molar-refractivity contribution < 1.29 is 4.79 Å². The fourth-order valence-electron chi connectivity index (χ4n) is 4.07. The molecule has 3 rings (SSSR count). The Balaban J connectivity index is 1.84. The topological polar surface area (TPSA) is 58.9 Å². The highest BCUT2D eigenvalue weighted by Gasteiger charge is 2.22. The summed E-state index contributed by atoms with van der Waals surface area (Å²) in [5.41, 5.74) is 5.27. The zero-order valence-corrected chi connectivity index (χ0v) is 22.2. The van der Waals surface area contributed by atoms with Crippen molar-refractivity contribution in [2.45, 2.75) is 53.0 Å². The van der Waals surface area contributed by atoms with Gasteiger partial charge in [0.1, 0.15) is 0 Å². The van der Waals surface area contributed by atoms with E-state index in [1.54, 1.807) is 0 Å². The van der Waals surface area contributed by atoms with Gasteiger partial charge in [-0.05, 0) is 61.9 Å². The van der Waals surface area contributed by atoms with Crippen LogP contribution in [0.5, 0.6) is 0 Å². The first kappa shape index (κ1) is 26.7. The summed E-state index contributed by atoms with van der Waals surface area (Å²) in [6.07, 6.45) is 2.90. The number of allylic oxidation sites excluding steroid dienone is 1. The van der Waals surface area contributed by atoms with Crippen LogP contribution in [0.15, 0.2) is 61.2 Å². The number of amides is 1. The minimum Gasteiger partial charge on any atom is -0.349 e. The second-order valence-corrected chi connectivity index (χ2v) is 9.92. The number of hydrogen-bond acceptors (Lipinski definition) is 3. The lowest BCUT2D eigenvalue weighted by Crippen LogP contribution is -2.38. The summed E-state index contributed by atoms with van der Waals surface area (Å²) in [5.74, 6) is 0.755. The van der Waals surface area contributed by atoms with Gasteiger partial charge in [-0.3, -0.25) is 4.79 Å². The molecule has 0 bridgehead atoms. The fourth-order valence-corrected chi connectivity index (χ4v) is 4.20. The molecule has 1 heterocycles. The van der Waals surface area contributed by atoms with Gasteiger partial charge >= 0.3 is 0 Å². The quantitative estimate of drug-likeness (QED) is 0.236. The molecule has 1 aromatic heterocycles. The molecule has 0 aliphatic heterocycles. The average Bonchev–Trinajstić information content (AvgIpc) is 3.19. The predicted octanol–water partition coefficient (Wildman–Crippen LogP) is 6.54. The summed E-state index contributed by atoms with van der Waals surface area (Å²) in [4.78, 5) is 13.1. The third-order valence-corrected chi connectivity index (χ3v) is 6.78. The number of carbonyl (C=O) groups excluding carboxylic acids is 1. The number of aromatic nitrogens is 2. The molecule has 0 saturated heterocycles. The largest absolute Gasteiger partial charge is 0.349 e. The van der Waals surface area contributed by atoms with Crippen LogP contribution in [0.1, 0.15) is 61.6 Å². The van der Waals surface area contributed by atoms with Gasteiger partial charge in [-0.2, -0.15) is 5.10 Å². The van der Waals surface area contributed by atoms with Crippen LogP contribution in [0.2, 0.25) is 5.02 Å². The zero-order chi connectivity index (χ0) is 25.5. The molecular weight excluding hydrogens is 456 g/mol. The Bertz CT molecular complexity index is 1130. The molecule has 2 aromatic carbocycles. The van der Waals surface area contributed by atoms with Gasteiger partial charge in [0.2, 0.25) is 0 Å². The average molecular weight is 493 g/mol. The van der Waals surface area contributed by atoms with Crippen LogP contribution in [0.4, 0.5) is 0 Å². The Morgan fingerprint density at radius 1 is 1.06 bits per heavy atom. The third-order valence-electron chi connectivity index (χ3n) is 6.53. The van der Waals surface area contributed by atoms with Crippen molar-refractivity contribution in [3.63, 3.8) is 0 Å². The Morgan fingerprint density at radius 2 is 1.71 bits per heavy atom. The maximum absolute atomic E-state index is 13.1. The van der Waals surface area contributed by atoms with Gasteiger partial charge in [-0.1, -0.05) is 62.7 Å². The standard InChI is InChI=1S/C29H37ClN4O/c1-7-8-20(4)22(6)31-17-18-32-29(35)27-21(5)28(24-9-13-25(30)14-10-24)34(33-27)26-15-11-23(12-16-26)19(2)3/h7,9-16,19-20,22,31H,1,8,17-18H2,2-6H3,(H,32,35). The molecule has 0 radical (unpaired) electrons. The Hall–Kier alpha value is -2.89. The van der Waals surface area contributed by atoms with Crippen LogP contribution in [-0.2, 0) is 0 Å². The molecular formula is C29H37ClN4O. The zero-order valence-electron chi connectivity index (χ0n) is 21.4. The van der Waals surface area contributed by atoms with Crippen molar-refractivity contribution >= 4 is 17.5 Å². The number of nitrogens with one attached hydrogen (secondary N) is 2. The molecule has 0 spiro atoms. The van der Waals surface area contributed by atoms with Gasteiger partial charge in [-0.15, -0.1) is 6.58 Å². The first-order valence-electron chi connectivity index (χ1n) is 12.3. The van der Waals surface area contributed by atoms with Crippen molar-refractivity contribution in [3.05, 3.63) is 83.0 Å². The molecule has 2 unspecified atom stereocenters. The van der Waals surface area contributed by atoms with Gasteiger partial charge in [0.15, 0.2) is 5.69 Å². The molecule has 2 N–H and O–H groups in total. The van der Waals surface area contributed by atoms with Crippen LogP contribution in [-0.4, -0.2) is 34.8 Å². The van der Waals surface area contributed by atoms with Crippen molar-refractivity contribution in [1.29, 1.82) is 0 Å².